The highest BCUT2D eigenvalue weighted by molar-refractivity contribution is 5.94. The number of nitrogens with one attached hydrogen (secondary N) is 3. The number of hydrazine groups is 1. The van der Waals surface area contributed by atoms with Crippen LogP contribution in [0.2, 0.25) is 0 Å². The molecule has 10 heteroatoms. The van der Waals surface area contributed by atoms with Gasteiger partial charge in [-0.2, -0.15) is 0 Å². The van der Waals surface area contributed by atoms with Crippen LogP contribution in [0.4, 0.5) is 0 Å². The predicted octanol–water partition coefficient (Wildman–Crippen LogP) is 3.34. The molecule has 1 aromatic carbocycles. The van der Waals surface area contributed by atoms with Crippen LogP contribution in [0.15, 0.2) is 30.3 Å². The molecule has 0 aliphatic carbocycles. The average Bonchev–Trinajstić information content (AvgIpc) is 2.93. The van der Waals surface area contributed by atoms with Gasteiger partial charge in [-0.05, 0) is 76.6 Å². The number of carbonyl (C=O) groups excluding carboxylic acids is 4. The molecule has 5 bridgehead atoms. The molecule has 3 amide bonds. The third kappa shape index (κ3) is 6.75. The molecule has 0 spiro atoms. The van der Waals surface area contributed by atoms with Crippen molar-refractivity contribution < 1.29 is 23.9 Å². The van der Waals surface area contributed by atoms with E-state index in [2.05, 4.69) is 16.1 Å². The molecule has 1 aromatic heterocycles. The summed E-state index contributed by atoms with van der Waals surface area (Å²) < 4.78 is 5.78. The van der Waals surface area contributed by atoms with Crippen molar-refractivity contribution in [3.05, 3.63) is 47.2 Å². The molecule has 220 valence electrons. The molecule has 3 heterocycles. The fourth-order valence-electron chi connectivity index (χ4n) is 5.06. The average molecular weight is 564 g/mol. The number of fused-ring (bicyclic) bond motifs is 4. The minimum Gasteiger partial charge on any atom is -0.455 e. The topological polar surface area (TPSA) is 130 Å². The molecule has 10 nitrogen and oxygen atoms in total. The maximum absolute atomic E-state index is 13.4. The number of ether oxygens (including phenoxy) is 1. The third-order valence-electron chi connectivity index (χ3n) is 7.75. The minimum atomic E-state index is -0.929. The van der Waals surface area contributed by atoms with Crippen LogP contribution in [0, 0.1) is 18.3 Å². The molecule has 1 unspecified atom stereocenters. The van der Waals surface area contributed by atoms with Gasteiger partial charge in [0.1, 0.15) is 24.2 Å². The van der Waals surface area contributed by atoms with E-state index in [1.807, 2.05) is 51.1 Å². The number of rotatable bonds is 1. The molecule has 0 radical (unpaired) electrons. The first-order valence-corrected chi connectivity index (χ1v) is 14.3. The van der Waals surface area contributed by atoms with Crippen molar-refractivity contribution in [1.82, 2.24) is 26.1 Å². The quantitative estimate of drug-likeness (QED) is 0.454. The van der Waals surface area contributed by atoms with Crippen LogP contribution in [0.5, 0.6) is 0 Å². The number of cyclic esters (lactones) is 1. The van der Waals surface area contributed by atoms with E-state index in [-0.39, 0.29) is 17.7 Å². The van der Waals surface area contributed by atoms with Gasteiger partial charge < -0.3 is 15.4 Å². The first-order valence-electron chi connectivity index (χ1n) is 14.3. The van der Waals surface area contributed by atoms with E-state index in [0.29, 0.717) is 25.1 Å². The van der Waals surface area contributed by atoms with Gasteiger partial charge in [-0.1, -0.05) is 38.1 Å². The van der Waals surface area contributed by atoms with Crippen molar-refractivity contribution in [3.8, 4) is 0 Å². The van der Waals surface area contributed by atoms with Gasteiger partial charge >= 0.3 is 5.97 Å². The molecule has 0 saturated carbocycles. The maximum Gasteiger partial charge on any atom is 0.325 e. The van der Waals surface area contributed by atoms with E-state index in [9.17, 15) is 19.2 Å². The van der Waals surface area contributed by atoms with Gasteiger partial charge in [-0.25, -0.2) is 10.4 Å². The van der Waals surface area contributed by atoms with Crippen LogP contribution in [-0.2, 0) is 23.9 Å². The maximum atomic E-state index is 13.4. The summed E-state index contributed by atoms with van der Waals surface area (Å²) in [6, 6.07) is 5.34. The zero-order valence-electron chi connectivity index (χ0n) is 24.9. The predicted molar refractivity (Wildman–Crippen MR) is 156 cm³/mol. The van der Waals surface area contributed by atoms with E-state index in [1.165, 1.54) is 5.01 Å². The second kappa shape index (κ2) is 12.0. The summed E-state index contributed by atoms with van der Waals surface area (Å²) in [4.78, 5) is 57.7. The second-order valence-corrected chi connectivity index (χ2v) is 12.0. The lowest BCUT2D eigenvalue weighted by Gasteiger charge is -2.35. The van der Waals surface area contributed by atoms with Gasteiger partial charge in [0, 0.05) is 11.9 Å². The van der Waals surface area contributed by atoms with Gasteiger partial charge in [0.05, 0.1) is 16.6 Å². The number of pyridine rings is 1. The molecular formula is C31H41N5O5. The number of carbonyl (C=O) groups is 4. The molecule has 4 atom stereocenters. The Balaban J connectivity index is 1.73. The van der Waals surface area contributed by atoms with E-state index < -0.39 is 41.5 Å². The Morgan fingerprint density at radius 2 is 1.80 bits per heavy atom. The van der Waals surface area contributed by atoms with Crippen molar-refractivity contribution in [3.63, 3.8) is 0 Å². The highest BCUT2D eigenvalue weighted by atomic mass is 16.5. The smallest absolute Gasteiger partial charge is 0.325 e. The molecule has 2 aromatic rings. The molecular weight excluding hydrogens is 522 g/mol. The standard InChI is InChI=1S/C31H41N5O5/c1-17(2)26-27(37)32-19(4)28(38)36-14-8-9-24(35-36)29(39)41-20(5)23-11-10-22-18(3)15-21(16-25(22)33-23)12-13-31(6,7)30(40)34-26/h10-13,15-17,19-20,24,26,35H,8-9,14H2,1-7H3,(H,32,37)(H,34,40)/t19-,20-,24?,26+/m1/s1. The van der Waals surface area contributed by atoms with E-state index in [0.717, 1.165) is 22.0 Å². The van der Waals surface area contributed by atoms with Crippen LogP contribution < -0.4 is 16.1 Å². The van der Waals surface area contributed by atoms with Gasteiger partial charge in [-0.15, -0.1) is 0 Å². The number of aromatic nitrogens is 1. The number of amides is 3. The molecule has 2 aliphatic rings. The van der Waals surface area contributed by atoms with Crippen LogP contribution in [-0.4, -0.2) is 58.4 Å². The number of hydrogen-bond donors (Lipinski definition) is 3. The number of hydrogen-bond acceptors (Lipinski definition) is 7. The van der Waals surface area contributed by atoms with Crippen molar-refractivity contribution in [2.24, 2.45) is 11.3 Å². The van der Waals surface area contributed by atoms with E-state index in [4.69, 9.17) is 9.72 Å². The Bertz CT molecular complexity index is 1380. The first kappa shape index (κ1) is 30.2. The Kier molecular flexibility index (Phi) is 8.82. The fraction of sp³-hybridized carbons (Fsp3) is 0.516. The van der Waals surface area contributed by atoms with Crippen molar-refractivity contribution in [2.45, 2.75) is 85.5 Å². The van der Waals surface area contributed by atoms with E-state index >= 15 is 0 Å². The number of nitrogens with zero attached hydrogens (tertiary/aromatic N) is 2. The highest BCUT2D eigenvalue weighted by Gasteiger charge is 2.35. The van der Waals surface area contributed by atoms with Crippen molar-refractivity contribution >= 4 is 40.7 Å². The zero-order valence-corrected chi connectivity index (χ0v) is 24.9. The van der Waals surface area contributed by atoms with Crippen molar-refractivity contribution in [2.75, 3.05) is 6.54 Å². The normalized spacial score (nSPS) is 26.1. The lowest BCUT2D eigenvalue weighted by molar-refractivity contribution is -0.157. The van der Waals surface area contributed by atoms with Gasteiger partial charge in [0.2, 0.25) is 11.8 Å². The molecule has 41 heavy (non-hydrogen) atoms. The number of benzene rings is 1. The lowest BCUT2D eigenvalue weighted by atomic mass is 9.89. The van der Waals surface area contributed by atoms with Crippen molar-refractivity contribution in [1.29, 1.82) is 0 Å². The lowest BCUT2D eigenvalue weighted by Crippen LogP contribution is -2.61. The summed E-state index contributed by atoms with van der Waals surface area (Å²) in [5.41, 5.74) is 5.30. The molecule has 2 aliphatic heterocycles. The molecule has 4 rings (SSSR count). The third-order valence-corrected chi connectivity index (χ3v) is 7.75. The summed E-state index contributed by atoms with van der Waals surface area (Å²) in [5, 5.41) is 7.97. The summed E-state index contributed by atoms with van der Waals surface area (Å²) in [5.74, 6) is -1.84. The van der Waals surface area contributed by atoms with Crippen LogP contribution >= 0.6 is 0 Å². The summed E-state index contributed by atoms with van der Waals surface area (Å²) in [6.07, 6.45) is 4.17. The SMILES string of the molecule is Cc1cc2cc3nc(ccc13)[C@@H](C)OC(=O)C1CCCN(N1)C(=O)[C@@H](C)NC(=O)[C@H](C(C)C)NC(=O)C(C)(C)C=C2. The van der Waals surface area contributed by atoms with Crippen LogP contribution in [0.25, 0.3) is 17.0 Å². The fourth-order valence-corrected chi connectivity index (χ4v) is 5.06. The van der Waals surface area contributed by atoms with Crippen LogP contribution in [0.1, 0.15) is 77.3 Å². The second-order valence-electron chi connectivity index (χ2n) is 12.0. The van der Waals surface area contributed by atoms with Gasteiger partial charge in [-0.3, -0.25) is 24.2 Å². The monoisotopic (exact) mass is 563 g/mol. The minimum absolute atomic E-state index is 0.222. The highest BCUT2D eigenvalue weighted by Crippen LogP contribution is 2.26. The Hall–Kier alpha value is -3.79. The van der Waals surface area contributed by atoms with E-state index in [1.54, 1.807) is 33.8 Å². The Morgan fingerprint density at radius 3 is 2.51 bits per heavy atom. The van der Waals surface area contributed by atoms with Gasteiger partial charge in [0.15, 0.2) is 0 Å². The summed E-state index contributed by atoms with van der Waals surface area (Å²) in [7, 11) is 0. The number of esters is 1. The van der Waals surface area contributed by atoms with Gasteiger partial charge in [0.25, 0.3) is 5.91 Å². The number of aryl methyl sites for hydroxylation is 1. The molecule has 3 N–H and O–H groups in total. The first-order chi connectivity index (χ1) is 19.3. The molecule has 1 fully saturated rings. The summed E-state index contributed by atoms with van der Waals surface area (Å²) >= 11 is 0. The zero-order chi connectivity index (χ0) is 30.1. The molecule has 1 saturated heterocycles. The summed E-state index contributed by atoms with van der Waals surface area (Å²) in [6.45, 7) is 13.0. The Morgan fingerprint density at radius 1 is 1.07 bits per heavy atom. The Labute approximate surface area is 241 Å². The van der Waals surface area contributed by atoms with Crippen LogP contribution in [0.3, 0.4) is 0 Å². The largest absolute Gasteiger partial charge is 0.455 e.